The largest absolute Gasteiger partial charge is 0.449 e. The number of carbonyl (C=O) groups is 3. The maximum Gasteiger partial charge on any atom is 0.331 e. The number of esters is 1. The van der Waals surface area contributed by atoms with Crippen LogP contribution in [0, 0.1) is 12.7 Å². The normalized spacial score (nSPS) is 11.9. The Labute approximate surface area is 194 Å². The first-order valence-corrected chi connectivity index (χ1v) is 10.3. The van der Waals surface area contributed by atoms with Crippen LogP contribution >= 0.6 is 11.6 Å². The topological polar surface area (TPSA) is 90.3 Å². The SMILES string of the molecule is CC(=O)c1ccc(NC(=O)C(C)OC(=O)/C=C/c2c(C)nn(-c3ccc(F)cc3)c2Cl)cc1. The van der Waals surface area contributed by atoms with E-state index in [1.54, 1.807) is 31.2 Å². The number of aromatic nitrogens is 2. The Kier molecular flexibility index (Phi) is 7.40. The molecule has 0 saturated heterocycles. The average molecular weight is 470 g/mol. The fraction of sp³-hybridized carbons (Fsp3) is 0.167. The number of nitrogens with zero attached hydrogens (tertiary/aromatic N) is 2. The number of benzene rings is 2. The highest BCUT2D eigenvalue weighted by Crippen LogP contribution is 2.25. The maximum absolute atomic E-state index is 13.2. The molecule has 1 amide bonds. The predicted molar refractivity (Wildman–Crippen MR) is 123 cm³/mol. The van der Waals surface area contributed by atoms with Crippen LogP contribution in [0.25, 0.3) is 11.8 Å². The molecule has 1 atom stereocenters. The summed E-state index contributed by atoms with van der Waals surface area (Å²) in [5.74, 6) is -1.73. The van der Waals surface area contributed by atoms with Gasteiger partial charge in [-0.25, -0.2) is 13.9 Å². The molecule has 3 rings (SSSR count). The van der Waals surface area contributed by atoms with Gasteiger partial charge < -0.3 is 10.1 Å². The number of amides is 1. The van der Waals surface area contributed by atoms with Gasteiger partial charge in [-0.05, 0) is 75.4 Å². The van der Waals surface area contributed by atoms with Crippen LogP contribution in [-0.4, -0.2) is 33.5 Å². The summed E-state index contributed by atoms with van der Waals surface area (Å²) in [4.78, 5) is 35.8. The van der Waals surface area contributed by atoms with E-state index in [2.05, 4.69) is 10.4 Å². The molecule has 1 unspecified atom stereocenters. The van der Waals surface area contributed by atoms with Crippen molar-refractivity contribution in [3.8, 4) is 5.69 Å². The lowest BCUT2D eigenvalue weighted by Gasteiger charge is -2.12. The van der Waals surface area contributed by atoms with Crippen LogP contribution < -0.4 is 5.32 Å². The minimum atomic E-state index is -1.06. The van der Waals surface area contributed by atoms with Gasteiger partial charge >= 0.3 is 5.97 Å². The van der Waals surface area contributed by atoms with E-state index < -0.39 is 18.0 Å². The van der Waals surface area contributed by atoms with E-state index in [1.165, 1.54) is 48.9 Å². The van der Waals surface area contributed by atoms with Crippen molar-refractivity contribution in [2.24, 2.45) is 0 Å². The molecule has 0 aliphatic heterocycles. The van der Waals surface area contributed by atoms with Crippen molar-refractivity contribution in [3.63, 3.8) is 0 Å². The summed E-state index contributed by atoms with van der Waals surface area (Å²) in [6.07, 6.45) is 1.53. The second-order valence-corrected chi connectivity index (χ2v) is 7.57. The zero-order chi connectivity index (χ0) is 24.1. The van der Waals surface area contributed by atoms with Crippen LogP contribution in [0.5, 0.6) is 0 Å². The third-order valence-corrected chi connectivity index (χ3v) is 5.09. The number of anilines is 1. The van der Waals surface area contributed by atoms with Crippen LogP contribution in [-0.2, 0) is 14.3 Å². The lowest BCUT2D eigenvalue weighted by atomic mass is 10.1. The number of aryl methyl sites for hydroxylation is 1. The number of carbonyl (C=O) groups excluding carboxylic acids is 3. The van der Waals surface area contributed by atoms with Crippen LogP contribution in [0.3, 0.4) is 0 Å². The molecule has 7 nitrogen and oxygen atoms in total. The van der Waals surface area contributed by atoms with Crippen molar-refractivity contribution in [2.75, 3.05) is 5.32 Å². The van der Waals surface area contributed by atoms with Gasteiger partial charge in [0, 0.05) is 22.9 Å². The van der Waals surface area contributed by atoms with Gasteiger partial charge in [0.2, 0.25) is 0 Å². The number of ketones is 1. The minimum absolute atomic E-state index is 0.0829. The highest BCUT2D eigenvalue weighted by atomic mass is 35.5. The Balaban J connectivity index is 1.63. The quantitative estimate of drug-likeness (QED) is 0.306. The number of ether oxygens (including phenoxy) is 1. The van der Waals surface area contributed by atoms with Crippen LogP contribution in [0.4, 0.5) is 10.1 Å². The van der Waals surface area contributed by atoms with E-state index in [-0.39, 0.29) is 16.8 Å². The highest BCUT2D eigenvalue weighted by Gasteiger charge is 2.18. The Hall–Kier alpha value is -3.78. The molecule has 1 N–H and O–H groups in total. The molecule has 1 aromatic heterocycles. The summed E-state index contributed by atoms with van der Waals surface area (Å²) in [5.41, 5.74) is 2.59. The first-order valence-electron chi connectivity index (χ1n) is 9.97. The molecule has 1 heterocycles. The first kappa shape index (κ1) is 23.9. The van der Waals surface area contributed by atoms with Gasteiger partial charge in [-0.2, -0.15) is 5.10 Å². The molecule has 0 bridgehead atoms. The monoisotopic (exact) mass is 469 g/mol. The number of hydrogen-bond acceptors (Lipinski definition) is 5. The Morgan fingerprint density at radius 1 is 1.12 bits per heavy atom. The molecule has 0 spiro atoms. The minimum Gasteiger partial charge on any atom is -0.449 e. The van der Waals surface area contributed by atoms with Gasteiger partial charge in [-0.15, -0.1) is 0 Å². The smallest absolute Gasteiger partial charge is 0.331 e. The van der Waals surface area contributed by atoms with Crippen molar-refractivity contribution in [2.45, 2.75) is 26.9 Å². The number of rotatable bonds is 7. The standard InChI is InChI=1S/C24H21ClFN3O4/c1-14-21(23(25)29(28-14)20-10-6-18(26)7-11-20)12-13-22(31)33-16(3)24(32)27-19-8-4-17(5-9-19)15(2)30/h4-13,16H,1-3H3,(H,27,32)/b13-12+. The molecule has 2 aromatic carbocycles. The molecule has 0 aliphatic rings. The molecule has 33 heavy (non-hydrogen) atoms. The summed E-state index contributed by atoms with van der Waals surface area (Å²) < 4.78 is 19.7. The van der Waals surface area contributed by atoms with Gasteiger partial charge in [0.15, 0.2) is 11.9 Å². The second-order valence-electron chi connectivity index (χ2n) is 7.21. The summed E-state index contributed by atoms with van der Waals surface area (Å²) in [6, 6.07) is 12.0. The lowest BCUT2D eigenvalue weighted by molar-refractivity contribution is -0.148. The van der Waals surface area contributed by atoms with Gasteiger partial charge in [-0.1, -0.05) is 11.6 Å². The van der Waals surface area contributed by atoms with E-state index in [0.29, 0.717) is 28.2 Å². The summed E-state index contributed by atoms with van der Waals surface area (Å²) in [6.45, 7) is 4.60. The number of hydrogen-bond donors (Lipinski definition) is 1. The van der Waals surface area contributed by atoms with Crippen LogP contribution in [0.1, 0.15) is 35.5 Å². The second kappa shape index (κ2) is 10.2. The molecule has 3 aromatic rings. The van der Waals surface area contributed by atoms with Crippen molar-refractivity contribution < 1.29 is 23.5 Å². The molecule has 0 fully saturated rings. The fourth-order valence-electron chi connectivity index (χ4n) is 2.90. The van der Waals surface area contributed by atoms with Crippen LogP contribution in [0.15, 0.2) is 54.6 Å². The Morgan fingerprint density at radius 3 is 2.36 bits per heavy atom. The number of Topliss-reactive ketones (excluding diaryl/α,β-unsaturated/α-hetero) is 1. The highest BCUT2D eigenvalue weighted by molar-refractivity contribution is 6.31. The predicted octanol–water partition coefficient (Wildman–Crippen LogP) is 4.76. The van der Waals surface area contributed by atoms with E-state index in [4.69, 9.17) is 16.3 Å². The van der Waals surface area contributed by atoms with Gasteiger partial charge in [0.25, 0.3) is 5.91 Å². The fourth-order valence-corrected chi connectivity index (χ4v) is 3.24. The molecule has 170 valence electrons. The first-order chi connectivity index (χ1) is 15.7. The maximum atomic E-state index is 13.2. The van der Waals surface area contributed by atoms with Gasteiger partial charge in [-0.3, -0.25) is 9.59 Å². The van der Waals surface area contributed by atoms with E-state index in [1.807, 2.05) is 0 Å². The molecular weight excluding hydrogens is 449 g/mol. The average Bonchev–Trinajstić information content (AvgIpc) is 3.06. The zero-order valence-corrected chi connectivity index (χ0v) is 18.9. The van der Waals surface area contributed by atoms with E-state index in [9.17, 15) is 18.8 Å². The summed E-state index contributed by atoms with van der Waals surface area (Å²) >= 11 is 6.38. The molecule has 0 saturated carbocycles. The number of halogens is 2. The van der Waals surface area contributed by atoms with E-state index >= 15 is 0 Å². The molecule has 0 aliphatic carbocycles. The Morgan fingerprint density at radius 2 is 1.76 bits per heavy atom. The molecule has 9 heteroatoms. The van der Waals surface area contributed by atoms with Crippen molar-refractivity contribution in [1.29, 1.82) is 0 Å². The van der Waals surface area contributed by atoms with Crippen LogP contribution in [0.2, 0.25) is 5.15 Å². The third-order valence-electron chi connectivity index (χ3n) is 4.73. The lowest BCUT2D eigenvalue weighted by Crippen LogP contribution is -2.29. The van der Waals surface area contributed by atoms with Gasteiger partial charge in [0.1, 0.15) is 11.0 Å². The van der Waals surface area contributed by atoms with Crippen molar-refractivity contribution in [3.05, 3.63) is 82.4 Å². The summed E-state index contributed by atoms with van der Waals surface area (Å²) in [5, 5.41) is 7.17. The third kappa shape index (κ3) is 5.93. The Bertz CT molecular complexity index is 1220. The number of nitrogens with one attached hydrogen (secondary N) is 1. The van der Waals surface area contributed by atoms with Gasteiger partial charge in [0.05, 0.1) is 11.4 Å². The molecule has 0 radical (unpaired) electrons. The summed E-state index contributed by atoms with van der Waals surface area (Å²) in [7, 11) is 0. The zero-order valence-electron chi connectivity index (χ0n) is 18.1. The van der Waals surface area contributed by atoms with Crippen molar-refractivity contribution in [1.82, 2.24) is 9.78 Å². The molecular formula is C24H21ClFN3O4. The van der Waals surface area contributed by atoms with E-state index in [0.717, 1.165) is 6.08 Å². The van der Waals surface area contributed by atoms with Crippen molar-refractivity contribution >= 4 is 41.0 Å².